The molecule has 2 atom stereocenters. The summed E-state index contributed by atoms with van der Waals surface area (Å²) >= 11 is 0. The highest BCUT2D eigenvalue weighted by molar-refractivity contribution is 7.89. The molecule has 0 bridgehead atoms. The highest BCUT2D eigenvalue weighted by atomic mass is 32.2. The lowest BCUT2D eigenvalue weighted by Crippen LogP contribution is -2.22. The van der Waals surface area contributed by atoms with Gasteiger partial charge in [-0.25, -0.2) is 17.5 Å². The van der Waals surface area contributed by atoms with E-state index >= 15 is 0 Å². The van der Waals surface area contributed by atoms with Crippen LogP contribution in [0.4, 0.5) is 15.9 Å². The van der Waals surface area contributed by atoms with Crippen molar-refractivity contribution < 1.29 is 12.8 Å². The average Bonchev–Trinajstić information content (AvgIpc) is 3.49. The summed E-state index contributed by atoms with van der Waals surface area (Å²) in [6.07, 6.45) is 5.13. The largest absolute Gasteiger partial charge is 0.336 e. The van der Waals surface area contributed by atoms with Crippen molar-refractivity contribution in [1.82, 2.24) is 24.7 Å². The molecule has 8 nitrogen and oxygen atoms in total. The molecule has 0 radical (unpaired) electrons. The number of halogens is 1. The van der Waals surface area contributed by atoms with E-state index in [0.29, 0.717) is 17.7 Å². The van der Waals surface area contributed by atoms with Crippen LogP contribution in [0.3, 0.4) is 0 Å². The number of nitrogens with one attached hydrogen (secondary N) is 3. The maximum atomic E-state index is 14.8. The van der Waals surface area contributed by atoms with E-state index in [1.165, 1.54) is 12.1 Å². The lowest BCUT2D eigenvalue weighted by atomic mass is 10.00. The van der Waals surface area contributed by atoms with E-state index in [2.05, 4.69) is 47.1 Å². The third kappa shape index (κ3) is 3.71. The van der Waals surface area contributed by atoms with Gasteiger partial charge in [0, 0.05) is 41.9 Å². The number of anilines is 2. The van der Waals surface area contributed by atoms with Crippen LogP contribution in [0.1, 0.15) is 68.8 Å². The second kappa shape index (κ2) is 7.41. The molecule has 1 fully saturated rings. The Morgan fingerprint density at radius 2 is 1.97 bits per heavy atom. The molecule has 2 aliphatic rings. The Balaban J connectivity index is 1.29. The topological polar surface area (TPSA) is 105 Å². The Kier molecular flexibility index (Phi) is 4.90. The van der Waals surface area contributed by atoms with Crippen molar-refractivity contribution in [1.29, 1.82) is 0 Å². The molecular formula is C22H27FN6O2S. The van der Waals surface area contributed by atoms with Gasteiger partial charge in [0.2, 0.25) is 10.0 Å². The van der Waals surface area contributed by atoms with Gasteiger partial charge in [0.25, 0.3) is 0 Å². The van der Waals surface area contributed by atoms with Crippen LogP contribution >= 0.6 is 0 Å². The van der Waals surface area contributed by atoms with Gasteiger partial charge in [0.1, 0.15) is 0 Å². The Bertz CT molecular complexity index is 1270. The average molecular weight is 459 g/mol. The van der Waals surface area contributed by atoms with Crippen molar-refractivity contribution in [2.45, 2.75) is 68.8 Å². The van der Waals surface area contributed by atoms with Gasteiger partial charge in [-0.3, -0.25) is 9.78 Å². The number of hydrogen-bond acceptors (Lipinski definition) is 5. The molecule has 10 heteroatoms. The number of hydrogen-bond donors (Lipinski definition) is 3. The SMILES string of the molecule is CC(C)(C)n1ccc(C2CCC(c3cc(Nc4ccc5c(c4F)CNS5(=O)=O)n[nH]3)C2)n1. The summed E-state index contributed by atoms with van der Waals surface area (Å²) in [5.41, 5.74) is 2.46. The van der Waals surface area contributed by atoms with Gasteiger partial charge in [-0.1, -0.05) is 0 Å². The first-order valence-electron chi connectivity index (χ1n) is 10.8. The first-order valence-corrected chi connectivity index (χ1v) is 12.3. The number of sulfonamides is 1. The highest BCUT2D eigenvalue weighted by Crippen LogP contribution is 2.43. The van der Waals surface area contributed by atoms with E-state index in [4.69, 9.17) is 5.10 Å². The van der Waals surface area contributed by atoms with Crippen LogP contribution in [0.15, 0.2) is 35.4 Å². The molecule has 0 spiro atoms. The van der Waals surface area contributed by atoms with E-state index < -0.39 is 15.8 Å². The first-order chi connectivity index (χ1) is 15.1. The van der Waals surface area contributed by atoms with Gasteiger partial charge in [-0.2, -0.15) is 10.2 Å². The minimum Gasteiger partial charge on any atom is -0.336 e. The van der Waals surface area contributed by atoms with Crippen molar-refractivity contribution in [3.05, 3.63) is 53.2 Å². The van der Waals surface area contributed by atoms with Crippen LogP contribution in [0.5, 0.6) is 0 Å². The zero-order valence-electron chi connectivity index (χ0n) is 18.3. The fraction of sp³-hybridized carbons (Fsp3) is 0.455. The quantitative estimate of drug-likeness (QED) is 0.546. The van der Waals surface area contributed by atoms with Gasteiger partial charge in [0.05, 0.1) is 21.8 Å². The van der Waals surface area contributed by atoms with Crippen LogP contribution < -0.4 is 10.0 Å². The van der Waals surface area contributed by atoms with E-state index in [1.54, 1.807) is 0 Å². The fourth-order valence-corrected chi connectivity index (χ4v) is 5.79. The number of fused-ring (bicyclic) bond motifs is 1. The molecule has 1 saturated carbocycles. The van der Waals surface area contributed by atoms with Crippen LogP contribution in [0, 0.1) is 5.82 Å². The Hall–Kier alpha value is -2.72. The molecule has 1 aliphatic carbocycles. The monoisotopic (exact) mass is 458 g/mol. The molecule has 170 valence electrons. The molecule has 3 aromatic rings. The molecule has 2 aromatic heterocycles. The lowest BCUT2D eigenvalue weighted by molar-refractivity contribution is 0.351. The van der Waals surface area contributed by atoms with Gasteiger partial charge >= 0.3 is 0 Å². The summed E-state index contributed by atoms with van der Waals surface area (Å²) in [5, 5.41) is 15.2. The van der Waals surface area contributed by atoms with Crippen LogP contribution in [0.25, 0.3) is 0 Å². The summed E-state index contributed by atoms with van der Waals surface area (Å²) in [6.45, 7) is 6.37. The molecule has 5 rings (SSSR count). The van der Waals surface area contributed by atoms with E-state index in [0.717, 1.165) is 30.7 Å². The van der Waals surface area contributed by atoms with Crippen LogP contribution in [-0.2, 0) is 22.1 Å². The molecule has 0 amide bonds. The highest BCUT2D eigenvalue weighted by Gasteiger charge is 2.31. The first kappa shape index (κ1) is 21.1. The molecule has 1 aromatic carbocycles. The summed E-state index contributed by atoms with van der Waals surface area (Å²) in [5.74, 6) is 0.679. The molecular weight excluding hydrogens is 431 g/mol. The van der Waals surface area contributed by atoms with Crippen LogP contribution in [-0.4, -0.2) is 28.4 Å². The number of rotatable bonds is 4. The lowest BCUT2D eigenvalue weighted by Gasteiger charge is -2.19. The van der Waals surface area contributed by atoms with Crippen molar-refractivity contribution in [2.75, 3.05) is 5.32 Å². The molecule has 3 N–H and O–H groups in total. The summed E-state index contributed by atoms with van der Waals surface area (Å²) in [6, 6.07) is 6.87. The predicted octanol–water partition coefficient (Wildman–Crippen LogP) is 4.09. The maximum Gasteiger partial charge on any atom is 0.241 e. The molecule has 1 aliphatic heterocycles. The normalized spacial score (nSPS) is 22.2. The number of nitrogens with zero attached hydrogens (tertiary/aromatic N) is 3. The van der Waals surface area contributed by atoms with Crippen molar-refractivity contribution >= 4 is 21.5 Å². The Labute approximate surface area is 186 Å². The standard InChI is InChI=1S/C22H27FN6O2S/c1-22(2,3)29-9-8-16(28-29)13-4-5-14(10-13)18-11-20(27-26-18)25-17-6-7-19-15(21(17)23)12-24-32(19,30)31/h6-9,11,13-14,24H,4-5,10,12H2,1-3H3,(H2,25,26,27). The van der Waals surface area contributed by atoms with Crippen LogP contribution in [0.2, 0.25) is 0 Å². The minimum atomic E-state index is -3.61. The zero-order chi connectivity index (χ0) is 22.7. The van der Waals surface area contributed by atoms with E-state index in [9.17, 15) is 12.8 Å². The third-order valence-electron chi connectivity index (χ3n) is 6.38. The molecule has 32 heavy (non-hydrogen) atoms. The third-order valence-corrected chi connectivity index (χ3v) is 7.86. The Morgan fingerprint density at radius 1 is 1.19 bits per heavy atom. The fourth-order valence-electron chi connectivity index (χ4n) is 4.57. The van der Waals surface area contributed by atoms with Gasteiger partial charge in [-0.05, 0) is 58.2 Å². The summed E-state index contributed by atoms with van der Waals surface area (Å²) in [7, 11) is -3.61. The van der Waals surface area contributed by atoms with Gasteiger partial charge in [-0.15, -0.1) is 0 Å². The van der Waals surface area contributed by atoms with E-state index in [-0.39, 0.29) is 28.2 Å². The smallest absolute Gasteiger partial charge is 0.241 e. The second-order valence-corrected chi connectivity index (χ2v) is 11.4. The molecule has 3 heterocycles. The minimum absolute atomic E-state index is 0.00540. The van der Waals surface area contributed by atoms with Crippen molar-refractivity contribution in [3.63, 3.8) is 0 Å². The summed E-state index contributed by atoms with van der Waals surface area (Å²) < 4.78 is 42.9. The number of benzene rings is 1. The molecule has 2 unspecified atom stereocenters. The van der Waals surface area contributed by atoms with Crippen molar-refractivity contribution in [3.8, 4) is 0 Å². The van der Waals surface area contributed by atoms with Gasteiger partial charge in [0.15, 0.2) is 11.6 Å². The van der Waals surface area contributed by atoms with Gasteiger partial charge < -0.3 is 5.32 Å². The molecule has 0 saturated heterocycles. The number of aromatic nitrogens is 4. The number of H-pyrrole nitrogens is 1. The van der Waals surface area contributed by atoms with Crippen molar-refractivity contribution in [2.24, 2.45) is 0 Å². The second-order valence-electron chi connectivity index (χ2n) is 9.62. The zero-order valence-corrected chi connectivity index (χ0v) is 19.1. The number of aromatic amines is 1. The maximum absolute atomic E-state index is 14.8. The predicted molar refractivity (Wildman–Crippen MR) is 119 cm³/mol. The Morgan fingerprint density at radius 3 is 2.72 bits per heavy atom. The summed E-state index contributed by atoms with van der Waals surface area (Å²) in [4.78, 5) is -0.00540. The van der Waals surface area contributed by atoms with E-state index in [1.807, 2.05) is 16.9 Å².